The molecule has 104 valence electrons. The number of ether oxygens (including phenoxy) is 1. The van der Waals surface area contributed by atoms with E-state index < -0.39 is 0 Å². The number of hydrogen-bond donors (Lipinski definition) is 1. The van der Waals surface area contributed by atoms with E-state index in [-0.39, 0.29) is 5.91 Å². The molecule has 2 aromatic rings. The first-order chi connectivity index (χ1) is 10.2. The second-order valence-electron chi connectivity index (χ2n) is 4.29. The van der Waals surface area contributed by atoms with E-state index >= 15 is 0 Å². The number of nitrogens with one attached hydrogen (secondary N) is 1. The zero-order chi connectivity index (χ0) is 15.1. The number of carbonyl (C=O) groups excluding carboxylic acids is 1. The predicted molar refractivity (Wildman–Crippen MR) is 81.8 cm³/mol. The highest BCUT2D eigenvalue weighted by Crippen LogP contribution is 2.13. The minimum Gasteiger partial charge on any atom is -0.497 e. The summed E-state index contributed by atoms with van der Waals surface area (Å²) in [4.78, 5) is 11.8. The molecular weight excluding hydrogens is 264 g/mol. The van der Waals surface area contributed by atoms with E-state index in [9.17, 15) is 4.79 Å². The molecule has 0 atom stereocenters. The van der Waals surface area contributed by atoms with Gasteiger partial charge >= 0.3 is 0 Å². The largest absolute Gasteiger partial charge is 0.497 e. The Morgan fingerprint density at radius 1 is 1.24 bits per heavy atom. The smallest absolute Gasteiger partial charge is 0.248 e. The number of rotatable bonds is 4. The Morgan fingerprint density at radius 3 is 2.67 bits per heavy atom. The number of methoxy groups -OCH3 is 1. The first kappa shape index (κ1) is 14.4. The van der Waals surface area contributed by atoms with E-state index in [0.717, 1.165) is 11.3 Å². The van der Waals surface area contributed by atoms with Crippen molar-refractivity contribution in [2.24, 2.45) is 0 Å². The van der Waals surface area contributed by atoms with Gasteiger partial charge in [-0.1, -0.05) is 18.2 Å². The van der Waals surface area contributed by atoms with Crippen LogP contribution in [-0.2, 0) is 4.79 Å². The maximum Gasteiger partial charge on any atom is 0.248 e. The zero-order valence-electron chi connectivity index (χ0n) is 11.5. The maximum absolute atomic E-state index is 11.8. The number of nitrogens with zero attached hydrogens (tertiary/aromatic N) is 1. The molecule has 0 radical (unpaired) electrons. The normalized spacial score (nSPS) is 10.1. The third kappa shape index (κ3) is 4.22. The highest BCUT2D eigenvalue weighted by molar-refractivity contribution is 6.02. The lowest BCUT2D eigenvalue weighted by atomic mass is 10.2. The fraction of sp³-hybridized carbons (Fsp3) is 0.0588. The molecule has 1 N–H and O–H groups in total. The Bertz CT molecular complexity index is 697. The van der Waals surface area contributed by atoms with Gasteiger partial charge in [-0.2, -0.15) is 5.26 Å². The van der Waals surface area contributed by atoms with Gasteiger partial charge in [0.15, 0.2) is 0 Å². The summed E-state index contributed by atoms with van der Waals surface area (Å²) < 4.78 is 5.07. The monoisotopic (exact) mass is 278 g/mol. The summed E-state index contributed by atoms with van der Waals surface area (Å²) in [6.07, 6.45) is 3.16. The Hall–Kier alpha value is -3.06. The van der Waals surface area contributed by atoms with Crippen LogP contribution in [0.2, 0.25) is 0 Å². The fourth-order valence-electron chi connectivity index (χ4n) is 1.74. The van der Waals surface area contributed by atoms with Crippen LogP contribution in [0.1, 0.15) is 11.1 Å². The summed E-state index contributed by atoms with van der Waals surface area (Å²) in [7, 11) is 1.60. The number of hydrogen-bond acceptors (Lipinski definition) is 3. The van der Waals surface area contributed by atoms with E-state index in [0.29, 0.717) is 11.3 Å². The highest BCUT2D eigenvalue weighted by atomic mass is 16.5. The van der Waals surface area contributed by atoms with E-state index in [1.807, 2.05) is 30.3 Å². The van der Waals surface area contributed by atoms with Gasteiger partial charge in [-0.3, -0.25) is 4.79 Å². The van der Waals surface area contributed by atoms with Gasteiger partial charge in [-0.25, -0.2) is 0 Å². The van der Waals surface area contributed by atoms with E-state index in [2.05, 4.69) is 5.32 Å². The van der Waals surface area contributed by atoms with Crippen molar-refractivity contribution < 1.29 is 9.53 Å². The first-order valence-electron chi connectivity index (χ1n) is 6.34. The lowest BCUT2D eigenvalue weighted by Gasteiger charge is -2.02. The summed E-state index contributed by atoms with van der Waals surface area (Å²) >= 11 is 0. The van der Waals surface area contributed by atoms with Gasteiger partial charge in [0.25, 0.3) is 0 Å². The molecule has 0 saturated carbocycles. The summed E-state index contributed by atoms with van der Waals surface area (Å²) in [5.74, 6) is 0.519. The fourth-order valence-corrected chi connectivity index (χ4v) is 1.74. The SMILES string of the molecule is COc1ccc(/C=C/C(=O)Nc2cccc(C#N)c2)cc1. The van der Waals surface area contributed by atoms with Gasteiger partial charge in [-0.05, 0) is 42.0 Å². The van der Waals surface area contributed by atoms with E-state index in [1.165, 1.54) is 6.08 Å². The first-order valence-corrected chi connectivity index (χ1v) is 6.34. The summed E-state index contributed by atoms with van der Waals surface area (Å²) in [6, 6.07) is 16.2. The van der Waals surface area contributed by atoms with Crippen molar-refractivity contribution in [1.82, 2.24) is 0 Å². The van der Waals surface area contributed by atoms with Crippen LogP contribution in [0.5, 0.6) is 5.75 Å². The second-order valence-corrected chi connectivity index (χ2v) is 4.29. The number of benzene rings is 2. The lowest BCUT2D eigenvalue weighted by Crippen LogP contribution is -2.07. The molecule has 0 aliphatic rings. The van der Waals surface area contributed by atoms with Crippen LogP contribution < -0.4 is 10.1 Å². The average Bonchev–Trinajstić information content (AvgIpc) is 2.53. The number of nitriles is 1. The molecule has 0 saturated heterocycles. The molecule has 4 heteroatoms. The van der Waals surface area contributed by atoms with Crippen LogP contribution in [-0.4, -0.2) is 13.0 Å². The van der Waals surface area contributed by atoms with Crippen LogP contribution >= 0.6 is 0 Å². The topological polar surface area (TPSA) is 62.1 Å². The predicted octanol–water partition coefficient (Wildman–Crippen LogP) is 3.22. The zero-order valence-corrected chi connectivity index (χ0v) is 11.5. The molecule has 0 spiro atoms. The lowest BCUT2D eigenvalue weighted by molar-refractivity contribution is -0.111. The highest BCUT2D eigenvalue weighted by Gasteiger charge is 1.99. The summed E-state index contributed by atoms with van der Waals surface area (Å²) in [5, 5.41) is 11.5. The molecule has 0 aliphatic heterocycles. The van der Waals surface area contributed by atoms with Crippen molar-refractivity contribution in [2.75, 3.05) is 12.4 Å². The average molecular weight is 278 g/mol. The van der Waals surface area contributed by atoms with Gasteiger partial charge in [0.2, 0.25) is 5.91 Å². The molecule has 0 unspecified atom stereocenters. The second kappa shape index (κ2) is 6.92. The van der Waals surface area contributed by atoms with Crippen molar-refractivity contribution in [2.45, 2.75) is 0 Å². The molecule has 2 rings (SSSR count). The van der Waals surface area contributed by atoms with Crippen LogP contribution in [0.4, 0.5) is 5.69 Å². The molecule has 0 aliphatic carbocycles. The van der Waals surface area contributed by atoms with Gasteiger partial charge < -0.3 is 10.1 Å². The molecule has 1 amide bonds. The Labute approximate surface area is 123 Å². The van der Waals surface area contributed by atoms with Crippen LogP contribution in [0, 0.1) is 11.3 Å². The number of amides is 1. The van der Waals surface area contributed by atoms with Crippen LogP contribution in [0.3, 0.4) is 0 Å². The Morgan fingerprint density at radius 2 is 2.00 bits per heavy atom. The minimum absolute atomic E-state index is 0.249. The van der Waals surface area contributed by atoms with Crippen molar-refractivity contribution >= 4 is 17.7 Å². The van der Waals surface area contributed by atoms with Gasteiger partial charge in [-0.15, -0.1) is 0 Å². The molecule has 2 aromatic carbocycles. The maximum atomic E-state index is 11.8. The number of anilines is 1. The Kier molecular flexibility index (Phi) is 4.73. The number of carbonyl (C=O) groups is 1. The van der Waals surface area contributed by atoms with E-state index in [1.54, 1.807) is 37.5 Å². The molecule has 0 fully saturated rings. The molecule has 0 aromatic heterocycles. The molecule has 4 nitrogen and oxygen atoms in total. The molecular formula is C17H14N2O2. The van der Waals surface area contributed by atoms with Crippen molar-refractivity contribution in [3.63, 3.8) is 0 Å². The van der Waals surface area contributed by atoms with Crippen molar-refractivity contribution in [1.29, 1.82) is 5.26 Å². The third-order valence-corrected chi connectivity index (χ3v) is 2.80. The van der Waals surface area contributed by atoms with Crippen molar-refractivity contribution in [3.8, 4) is 11.8 Å². The van der Waals surface area contributed by atoms with Gasteiger partial charge in [0, 0.05) is 11.8 Å². The summed E-state index contributed by atoms with van der Waals surface area (Å²) in [6.45, 7) is 0. The standard InChI is InChI=1S/C17H14N2O2/c1-21-16-8-5-13(6-9-16)7-10-17(20)19-15-4-2-3-14(11-15)12-18/h2-11H,1H3,(H,19,20)/b10-7+. The molecule has 0 bridgehead atoms. The van der Waals surface area contributed by atoms with Crippen LogP contribution in [0.15, 0.2) is 54.6 Å². The quantitative estimate of drug-likeness (QED) is 0.873. The minimum atomic E-state index is -0.249. The Balaban J connectivity index is 2.00. The van der Waals surface area contributed by atoms with Crippen LogP contribution in [0.25, 0.3) is 6.08 Å². The summed E-state index contributed by atoms with van der Waals surface area (Å²) in [5.41, 5.74) is 2.00. The van der Waals surface area contributed by atoms with Gasteiger partial charge in [0.05, 0.1) is 18.7 Å². The van der Waals surface area contributed by atoms with Gasteiger partial charge in [0.1, 0.15) is 5.75 Å². The molecule has 21 heavy (non-hydrogen) atoms. The third-order valence-electron chi connectivity index (χ3n) is 2.80. The van der Waals surface area contributed by atoms with Crippen molar-refractivity contribution in [3.05, 3.63) is 65.7 Å². The van der Waals surface area contributed by atoms with E-state index in [4.69, 9.17) is 10.00 Å². The molecule has 0 heterocycles.